The van der Waals surface area contributed by atoms with E-state index in [4.69, 9.17) is 0 Å². The Labute approximate surface area is 144 Å². The van der Waals surface area contributed by atoms with E-state index < -0.39 is 11.9 Å². The second kappa shape index (κ2) is 8.35. The summed E-state index contributed by atoms with van der Waals surface area (Å²) in [5, 5.41) is 21.1. The molecule has 0 bridgehead atoms. The van der Waals surface area contributed by atoms with Crippen molar-refractivity contribution in [3.8, 4) is 11.5 Å². The highest BCUT2D eigenvalue weighted by Gasteiger charge is 2.12. The molecule has 3 N–H and O–H groups in total. The molecule has 2 aromatic rings. The largest absolute Gasteiger partial charge is 0.504 e. The number of carbonyl (C=O) groups excluding carboxylic acids is 2. The highest BCUT2D eigenvalue weighted by atomic mass is 16.5. The molecule has 0 atom stereocenters. The second-order valence-corrected chi connectivity index (χ2v) is 5.03. The van der Waals surface area contributed by atoms with Crippen molar-refractivity contribution in [3.63, 3.8) is 0 Å². The predicted molar refractivity (Wildman–Crippen MR) is 93.4 cm³/mol. The van der Waals surface area contributed by atoms with E-state index in [2.05, 4.69) is 10.1 Å². The van der Waals surface area contributed by atoms with E-state index in [0.717, 1.165) is 5.56 Å². The zero-order valence-corrected chi connectivity index (χ0v) is 13.5. The molecule has 0 aromatic heterocycles. The van der Waals surface area contributed by atoms with Gasteiger partial charge in [0.1, 0.15) is 5.70 Å². The Morgan fingerprint density at radius 1 is 1.00 bits per heavy atom. The maximum absolute atomic E-state index is 12.0. The molecule has 0 aliphatic heterocycles. The third-order valence-electron chi connectivity index (χ3n) is 3.20. The number of amides is 1. The van der Waals surface area contributed by atoms with Gasteiger partial charge in [0.05, 0.1) is 7.11 Å². The van der Waals surface area contributed by atoms with Gasteiger partial charge in [-0.3, -0.25) is 4.79 Å². The molecule has 128 valence electrons. The molecule has 0 heterocycles. The number of methoxy groups -OCH3 is 1. The van der Waals surface area contributed by atoms with Crippen LogP contribution in [0.4, 0.5) is 0 Å². The smallest absolute Gasteiger partial charge is 0.354 e. The number of benzene rings is 2. The van der Waals surface area contributed by atoms with Crippen molar-refractivity contribution in [1.29, 1.82) is 0 Å². The second-order valence-electron chi connectivity index (χ2n) is 5.03. The number of hydrogen-bond donors (Lipinski definition) is 3. The maximum Gasteiger partial charge on any atom is 0.354 e. The zero-order valence-electron chi connectivity index (χ0n) is 13.5. The fraction of sp³-hybridized carbons (Fsp3) is 0.0526. The van der Waals surface area contributed by atoms with Gasteiger partial charge in [-0.05, 0) is 35.4 Å². The molecule has 0 saturated carbocycles. The van der Waals surface area contributed by atoms with Crippen molar-refractivity contribution < 1.29 is 24.5 Å². The minimum absolute atomic E-state index is 0.00287. The van der Waals surface area contributed by atoms with Crippen LogP contribution in [0, 0.1) is 0 Å². The quantitative estimate of drug-likeness (QED) is 0.442. The summed E-state index contributed by atoms with van der Waals surface area (Å²) in [7, 11) is 1.22. The van der Waals surface area contributed by atoms with Crippen LogP contribution in [0.1, 0.15) is 11.1 Å². The fourth-order valence-corrected chi connectivity index (χ4v) is 1.96. The van der Waals surface area contributed by atoms with Crippen LogP contribution in [0.15, 0.2) is 60.3 Å². The van der Waals surface area contributed by atoms with Crippen molar-refractivity contribution in [1.82, 2.24) is 5.32 Å². The number of hydrogen-bond acceptors (Lipinski definition) is 5. The van der Waals surface area contributed by atoms with Crippen LogP contribution in [0.25, 0.3) is 12.2 Å². The molecule has 6 heteroatoms. The third-order valence-corrected chi connectivity index (χ3v) is 3.20. The lowest BCUT2D eigenvalue weighted by molar-refractivity contribution is -0.137. The lowest BCUT2D eigenvalue weighted by Crippen LogP contribution is -2.26. The van der Waals surface area contributed by atoms with Gasteiger partial charge in [0.2, 0.25) is 5.91 Å². The summed E-state index contributed by atoms with van der Waals surface area (Å²) in [5.74, 6) is -1.75. The molecule has 1 amide bonds. The molecule has 0 fully saturated rings. The zero-order chi connectivity index (χ0) is 18.2. The topological polar surface area (TPSA) is 95.9 Å². The predicted octanol–water partition coefficient (Wildman–Crippen LogP) is 2.44. The number of nitrogens with one attached hydrogen (secondary N) is 1. The van der Waals surface area contributed by atoms with Crippen LogP contribution in [0.3, 0.4) is 0 Å². The molecule has 0 aliphatic carbocycles. The highest BCUT2D eigenvalue weighted by Crippen LogP contribution is 2.25. The third kappa shape index (κ3) is 5.24. The van der Waals surface area contributed by atoms with Gasteiger partial charge in [-0.1, -0.05) is 36.4 Å². The summed E-state index contributed by atoms with van der Waals surface area (Å²) in [4.78, 5) is 23.8. The monoisotopic (exact) mass is 339 g/mol. The summed E-state index contributed by atoms with van der Waals surface area (Å²) >= 11 is 0. The molecule has 2 aromatic carbocycles. The van der Waals surface area contributed by atoms with Gasteiger partial charge in [-0.15, -0.1) is 0 Å². The van der Waals surface area contributed by atoms with Crippen LogP contribution < -0.4 is 5.32 Å². The maximum atomic E-state index is 12.0. The number of aromatic hydroxyl groups is 2. The van der Waals surface area contributed by atoms with Crippen molar-refractivity contribution in [2.75, 3.05) is 7.11 Å². The standard InChI is InChI=1S/C19H17NO5/c1-25-19(24)15(11-13-5-3-2-4-6-13)20-18(23)10-8-14-7-9-16(21)17(22)12-14/h2-12,21-22H,1H3,(H,20,23)/b10-8+,15-11-. The summed E-state index contributed by atoms with van der Waals surface area (Å²) < 4.78 is 4.67. The minimum Gasteiger partial charge on any atom is -0.504 e. The van der Waals surface area contributed by atoms with Crippen molar-refractivity contribution >= 4 is 24.0 Å². The summed E-state index contributed by atoms with van der Waals surface area (Å²) in [5.41, 5.74) is 1.24. The molecule has 6 nitrogen and oxygen atoms in total. The number of carbonyl (C=O) groups is 2. The van der Waals surface area contributed by atoms with Gasteiger partial charge in [0.15, 0.2) is 11.5 Å². The number of ether oxygens (including phenoxy) is 1. The Hall–Kier alpha value is -3.54. The van der Waals surface area contributed by atoms with Gasteiger partial charge < -0.3 is 20.3 Å². The Morgan fingerprint density at radius 2 is 1.72 bits per heavy atom. The highest BCUT2D eigenvalue weighted by molar-refractivity contribution is 6.02. The number of esters is 1. The Morgan fingerprint density at radius 3 is 2.36 bits per heavy atom. The minimum atomic E-state index is -0.673. The first kappa shape index (κ1) is 17.8. The number of phenolic OH excluding ortho intramolecular Hbond substituents is 2. The first-order valence-corrected chi connectivity index (χ1v) is 7.35. The Balaban J connectivity index is 2.14. The van der Waals surface area contributed by atoms with Gasteiger partial charge in [-0.25, -0.2) is 4.79 Å². The van der Waals surface area contributed by atoms with Crippen LogP contribution in [0.2, 0.25) is 0 Å². The van der Waals surface area contributed by atoms with E-state index in [1.807, 2.05) is 6.07 Å². The van der Waals surface area contributed by atoms with E-state index in [-0.39, 0.29) is 17.2 Å². The van der Waals surface area contributed by atoms with Gasteiger partial charge >= 0.3 is 5.97 Å². The van der Waals surface area contributed by atoms with Gasteiger partial charge in [0, 0.05) is 6.08 Å². The number of phenols is 2. The fourth-order valence-electron chi connectivity index (χ4n) is 1.96. The molecule has 0 radical (unpaired) electrons. The molecule has 25 heavy (non-hydrogen) atoms. The van der Waals surface area contributed by atoms with Gasteiger partial charge in [-0.2, -0.15) is 0 Å². The van der Waals surface area contributed by atoms with E-state index in [9.17, 15) is 19.8 Å². The SMILES string of the molecule is COC(=O)/C(=C/c1ccccc1)NC(=O)/C=C/c1ccc(O)c(O)c1. The normalized spacial score (nSPS) is 11.3. The number of rotatable bonds is 5. The lowest BCUT2D eigenvalue weighted by Gasteiger charge is -2.06. The molecule has 0 saturated heterocycles. The molecule has 2 rings (SSSR count). The molecule has 0 aliphatic rings. The van der Waals surface area contributed by atoms with Crippen LogP contribution in [0.5, 0.6) is 11.5 Å². The van der Waals surface area contributed by atoms with Crippen molar-refractivity contribution in [3.05, 3.63) is 71.4 Å². The first-order chi connectivity index (χ1) is 12.0. The van der Waals surface area contributed by atoms with Crippen LogP contribution in [-0.4, -0.2) is 29.2 Å². The van der Waals surface area contributed by atoms with Crippen LogP contribution >= 0.6 is 0 Å². The lowest BCUT2D eigenvalue weighted by atomic mass is 10.2. The van der Waals surface area contributed by atoms with Gasteiger partial charge in [0.25, 0.3) is 0 Å². The van der Waals surface area contributed by atoms with E-state index in [1.54, 1.807) is 24.3 Å². The van der Waals surface area contributed by atoms with E-state index >= 15 is 0 Å². The Kier molecular flexibility index (Phi) is 5.95. The molecular weight excluding hydrogens is 322 g/mol. The molecule has 0 spiro atoms. The average molecular weight is 339 g/mol. The first-order valence-electron chi connectivity index (χ1n) is 7.35. The van der Waals surface area contributed by atoms with Crippen LogP contribution in [-0.2, 0) is 14.3 Å². The van der Waals surface area contributed by atoms with E-state index in [1.165, 1.54) is 43.5 Å². The summed E-state index contributed by atoms with van der Waals surface area (Å²) in [6.45, 7) is 0. The Bertz CT molecular complexity index is 825. The molecule has 0 unspecified atom stereocenters. The molecular formula is C19H17NO5. The average Bonchev–Trinajstić information content (AvgIpc) is 2.62. The van der Waals surface area contributed by atoms with E-state index in [0.29, 0.717) is 5.56 Å². The summed E-state index contributed by atoms with van der Waals surface area (Å²) in [6.07, 6.45) is 4.14. The summed E-state index contributed by atoms with van der Waals surface area (Å²) in [6, 6.07) is 13.2. The van der Waals surface area contributed by atoms with Crippen molar-refractivity contribution in [2.45, 2.75) is 0 Å². The van der Waals surface area contributed by atoms with Crippen molar-refractivity contribution in [2.24, 2.45) is 0 Å².